The Labute approximate surface area is 178 Å². The molecule has 1 atom stereocenters. The van der Waals surface area contributed by atoms with Crippen molar-refractivity contribution in [1.29, 1.82) is 0 Å². The van der Waals surface area contributed by atoms with Crippen molar-refractivity contribution in [3.05, 3.63) is 59.3 Å². The summed E-state index contributed by atoms with van der Waals surface area (Å²) >= 11 is 5.81. The van der Waals surface area contributed by atoms with Gasteiger partial charge in [0.15, 0.2) is 5.37 Å². The molecule has 1 heterocycles. The average molecular weight is 407 g/mol. The molecule has 0 saturated heterocycles. The Bertz CT molecular complexity index is 945. The van der Waals surface area contributed by atoms with Crippen molar-refractivity contribution in [3.63, 3.8) is 0 Å². The topological polar surface area (TPSA) is 95.9 Å². The Morgan fingerprint density at radius 3 is 2.62 bits per heavy atom. The number of fused-ring (bicyclic) bond motifs is 1. The SMILES string of the molecule is O=C1NC(S(=O)(=O)O)C(Cl)=CN1COCc1cccc2ccccc12.[NaH]. The first-order valence-electron chi connectivity index (χ1n) is 7.31. The van der Waals surface area contributed by atoms with Gasteiger partial charge in [0.05, 0.1) is 11.6 Å². The quantitative estimate of drug-likeness (QED) is 0.584. The predicted molar refractivity (Wildman–Crippen MR) is 100 cm³/mol. The second kappa shape index (κ2) is 8.71. The summed E-state index contributed by atoms with van der Waals surface area (Å²) in [4.78, 5) is 13.0. The second-order valence-corrected chi connectivity index (χ2v) is 7.38. The van der Waals surface area contributed by atoms with E-state index in [0.29, 0.717) is 0 Å². The fourth-order valence-electron chi connectivity index (χ4n) is 2.52. The number of halogens is 1. The molecule has 10 heteroatoms. The summed E-state index contributed by atoms with van der Waals surface area (Å²) in [5.74, 6) is 0. The van der Waals surface area contributed by atoms with Gasteiger partial charge in [0, 0.05) is 6.20 Å². The van der Waals surface area contributed by atoms with Crippen LogP contribution >= 0.6 is 11.6 Å². The van der Waals surface area contributed by atoms with Crippen molar-refractivity contribution in [2.24, 2.45) is 0 Å². The minimum absolute atomic E-state index is 0. The summed E-state index contributed by atoms with van der Waals surface area (Å²) in [7, 11) is -4.52. The van der Waals surface area contributed by atoms with E-state index in [-0.39, 0.29) is 47.9 Å². The van der Waals surface area contributed by atoms with Gasteiger partial charge in [-0.1, -0.05) is 54.1 Å². The van der Waals surface area contributed by atoms with E-state index in [9.17, 15) is 13.2 Å². The summed E-state index contributed by atoms with van der Waals surface area (Å²) in [6.07, 6.45) is 1.13. The molecular weight excluding hydrogens is 391 g/mol. The Morgan fingerprint density at radius 2 is 1.88 bits per heavy atom. The number of carbonyl (C=O) groups is 1. The molecule has 134 valence electrons. The van der Waals surface area contributed by atoms with E-state index in [1.807, 2.05) is 42.5 Å². The van der Waals surface area contributed by atoms with E-state index in [1.54, 1.807) is 0 Å². The molecule has 1 unspecified atom stereocenters. The van der Waals surface area contributed by atoms with Crippen LogP contribution < -0.4 is 5.32 Å². The molecule has 26 heavy (non-hydrogen) atoms. The van der Waals surface area contributed by atoms with Gasteiger partial charge in [-0.15, -0.1) is 0 Å². The zero-order valence-corrected chi connectivity index (χ0v) is 14.5. The van der Waals surface area contributed by atoms with E-state index in [0.717, 1.165) is 27.4 Å². The molecule has 0 saturated carbocycles. The zero-order valence-electron chi connectivity index (χ0n) is 12.9. The summed E-state index contributed by atoms with van der Waals surface area (Å²) in [5, 5.41) is 2.35. The average Bonchev–Trinajstić information content (AvgIpc) is 2.57. The Hall–Kier alpha value is -1.13. The number of hydrogen-bond acceptors (Lipinski definition) is 4. The van der Waals surface area contributed by atoms with Crippen molar-refractivity contribution < 1.29 is 22.5 Å². The molecule has 1 aliphatic rings. The fraction of sp³-hybridized carbons (Fsp3) is 0.188. The third-order valence-electron chi connectivity index (χ3n) is 3.71. The van der Waals surface area contributed by atoms with Gasteiger partial charge in [-0.2, -0.15) is 8.42 Å². The Morgan fingerprint density at radius 1 is 1.19 bits per heavy atom. The molecule has 7 nitrogen and oxygen atoms in total. The van der Waals surface area contributed by atoms with Crippen LogP contribution in [-0.4, -0.2) is 65.6 Å². The van der Waals surface area contributed by atoms with E-state index in [4.69, 9.17) is 20.9 Å². The van der Waals surface area contributed by atoms with Crippen molar-refractivity contribution in [2.75, 3.05) is 6.73 Å². The van der Waals surface area contributed by atoms with Crippen LogP contribution in [-0.2, 0) is 21.5 Å². The van der Waals surface area contributed by atoms with Crippen LogP contribution in [0.1, 0.15) is 5.56 Å². The molecule has 2 amide bonds. The number of ether oxygens (including phenoxy) is 1. The maximum atomic E-state index is 11.9. The van der Waals surface area contributed by atoms with Crippen LogP contribution in [0.15, 0.2) is 53.7 Å². The number of amides is 2. The molecule has 2 N–H and O–H groups in total. The summed E-state index contributed by atoms with van der Waals surface area (Å²) in [6.45, 7) is 0.141. The molecule has 0 radical (unpaired) electrons. The molecular formula is C16H16ClN2NaO5S. The van der Waals surface area contributed by atoms with Crippen LogP contribution in [0.4, 0.5) is 4.79 Å². The van der Waals surface area contributed by atoms with Crippen molar-refractivity contribution in [3.8, 4) is 0 Å². The van der Waals surface area contributed by atoms with Gasteiger partial charge in [-0.25, -0.2) is 4.79 Å². The van der Waals surface area contributed by atoms with Gasteiger partial charge in [0.2, 0.25) is 0 Å². The van der Waals surface area contributed by atoms with Crippen LogP contribution in [0.25, 0.3) is 10.8 Å². The normalized spacial score (nSPS) is 17.5. The number of urea groups is 1. The zero-order chi connectivity index (χ0) is 18.0. The molecule has 0 bridgehead atoms. The van der Waals surface area contributed by atoms with Crippen molar-refractivity contribution in [1.82, 2.24) is 10.2 Å². The van der Waals surface area contributed by atoms with E-state index in [1.165, 1.54) is 0 Å². The third kappa shape index (κ3) is 4.77. The first kappa shape index (κ1) is 21.2. The third-order valence-corrected chi connectivity index (χ3v) is 5.12. The second-order valence-electron chi connectivity index (χ2n) is 5.44. The summed E-state index contributed by atoms with van der Waals surface area (Å²) in [6, 6.07) is 13.0. The number of nitrogens with zero attached hydrogens (tertiary/aromatic N) is 1. The van der Waals surface area contributed by atoms with Crippen LogP contribution in [0.5, 0.6) is 0 Å². The first-order valence-corrected chi connectivity index (χ1v) is 9.19. The Kier molecular flexibility index (Phi) is 7.09. The van der Waals surface area contributed by atoms with Crippen LogP contribution in [0.3, 0.4) is 0 Å². The Balaban J connectivity index is 0.00000243. The number of hydrogen-bond donors (Lipinski definition) is 2. The fourth-order valence-corrected chi connectivity index (χ4v) is 3.63. The van der Waals surface area contributed by atoms with Gasteiger partial charge >= 0.3 is 35.6 Å². The molecule has 3 rings (SSSR count). The first-order chi connectivity index (χ1) is 11.9. The minimum atomic E-state index is -4.52. The molecule has 0 aliphatic carbocycles. The van der Waals surface area contributed by atoms with Gasteiger partial charge < -0.3 is 10.1 Å². The van der Waals surface area contributed by atoms with Gasteiger partial charge in [-0.3, -0.25) is 9.45 Å². The number of carbonyl (C=O) groups excluding carboxylic acids is 1. The maximum absolute atomic E-state index is 11.9. The summed E-state index contributed by atoms with van der Waals surface area (Å²) in [5.41, 5.74) is 0.960. The van der Waals surface area contributed by atoms with Crippen LogP contribution in [0.2, 0.25) is 0 Å². The number of rotatable bonds is 5. The van der Waals surface area contributed by atoms with Gasteiger partial charge in [-0.05, 0) is 16.3 Å². The molecule has 0 spiro atoms. The van der Waals surface area contributed by atoms with Gasteiger partial charge in [0.25, 0.3) is 10.1 Å². The molecule has 2 aromatic carbocycles. The summed E-state index contributed by atoms with van der Waals surface area (Å²) < 4.78 is 36.9. The van der Waals surface area contributed by atoms with E-state index >= 15 is 0 Å². The van der Waals surface area contributed by atoms with E-state index in [2.05, 4.69) is 5.32 Å². The standard InChI is InChI=1S/C16H15ClN2O5S.Na.H/c17-14-8-19(16(20)18-15(14)25(21,22)23)10-24-9-12-6-3-5-11-4-1-2-7-13(11)12;;/h1-8,15H,9-10H2,(H,18,20)(H,21,22,23);;. The monoisotopic (exact) mass is 406 g/mol. The molecule has 0 fully saturated rings. The van der Waals surface area contributed by atoms with Crippen molar-refractivity contribution in [2.45, 2.75) is 12.0 Å². The number of benzene rings is 2. The van der Waals surface area contributed by atoms with Crippen molar-refractivity contribution >= 4 is 68.1 Å². The van der Waals surface area contributed by atoms with Gasteiger partial charge in [0.1, 0.15) is 6.73 Å². The molecule has 2 aromatic rings. The predicted octanol–water partition coefficient (Wildman–Crippen LogP) is 1.98. The molecule has 1 aliphatic heterocycles. The van der Waals surface area contributed by atoms with E-state index < -0.39 is 21.5 Å². The molecule has 0 aromatic heterocycles. The number of nitrogens with one attached hydrogen (secondary N) is 1. The van der Waals surface area contributed by atoms with Crippen LogP contribution in [0, 0.1) is 0 Å².